The third-order valence-electron chi connectivity index (χ3n) is 0.668. The first-order chi connectivity index (χ1) is 5.27. The fourth-order valence-corrected chi connectivity index (χ4v) is 3.71. The van der Waals surface area contributed by atoms with Crippen molar-refractivity contribution >= 4 is 25.4 Å². The molecule has 0 radical (unpaired) electrons. The molecule has 0 bridgehead atoms. The van der Waals surface area contributed by atoms with E-state index in [1.165, 1.54) is 0 Å². The van der Waals surface area contributed by atoms with Crippen LogP contribution in [-0.4, -0.2) is 24.4 Å². The van der Waals surface area contributed by atoms with Crippen LogP contribution in [0.3, 0.4) is 0 Å². The second-order valence-corrected chi connectivity index (χ2v) is 6.89. The van der Waals surface area contributed by atoms with Crippen LogP contribution in [0.1, 0.15) is 6.92 Å². The molecule has 0 rings (SSSR count). The molecule has 0 aromatic heterocycles. The topological polar surface area (TPSA) is 113 Å². The molecular formula is C2H10O7P2Si. The van der Waals surface area contributed by atoms with Crippen molar-refractivity contribution in [3.63, 3.8) is 0 Å². The van der Waals surface area contributed by atoms with Crippen molar-refractivity contribution in [3.05, 3.63) is 0 Å². The Bertz CT molecular complexity index is 221. The number of rotatable bonds is 5. The summed E-state index contributed by atoms with van der Waals surface area (Å²) < 4.78 is 28.5. The first kappa shape index (κ1) is 12.5. The molecule has 0 aliphatic heterocycles. The molecule has 0 spiro atoms. The molecule has 0 aromatic carbocycles. The van der Waals surface area contributed by atoms with Crippen molar-refractivity contribution < 1.29 is 32.3 Å². The van der Waals surface area contributed by atoms with Gasteiger partial charge in [-0.25, -0.2) is 9.13 Å². The van der Waals surface area contributed by atoms with Crippen LogP contribution in [0.4, 0.5) is 0 Å². The summed E-state index contributed by atoms with van der Waals surface area (Å²) >= 11 is 0. The zero-order valence-corrected chi connectivity index (χ0v) is 9.49. The lowest BCUT2D eigenvalue weighted by Crippen LogP contribution is -1.97. The fourth-order valence-electron chi connectivity index (χ4n) is 0.365. The molecule has 0 fully saturated rings. The molecule has 0 saturated heterocycles. The normalized spacial score (nSPS) is 18.3. The van der Waals surface area contributed by atoms with Gasteiger partial charge >= 0.3 is 15.6 Å². The quantitative estimate of drug-likeness (QED) is 0.445. The van der Waals surface area contributed by atoms with Crippen molar-refractivity contribution in [2.24, 2.45) is 0 Å². The largest absolute Gasteiger partial charge is 0.478 e. The van der Waals surface area contributed by atoms with Crippen LogP contribution in [-0.2, 0) is 17.7 Å². The third-order valence-corrected chi connectivity index (χ3v) is 4.79. The maximum Gasteiger partial charge on any atom is 0.478 e. The predicted octanol–water partition coefficient (Wildman–Crippen LogP) is -0.265. The maximum atomic E-state index is 10.6. The third kappa shape index (κ3) is 7.14. The molecule has 0 aromatic rings. The van der Waals surface area contributed by atoms with E-state index in [1.54, 1.807) is 6.92 Å². The molecule has 1 atom stereocenters. The van der Waals surface area contributed by atoms with Gasteiger partial charge in [-0.05, 0) is 6.04 Å². The first-order valence-corrected chi connectivity index (χ1v) is 7.61. The van der Waals surface area contributed by atoms with E-state index in [2.05, 4.69) is 8.52 Å². The van der Waals surface area contributed by atoms with E-state index in [-0.39, 0.29) is 0 Å². The average Bonchev–Trinajstić information content (AvgIpc) is 1.78. The summed E-state index contributed by atoms with van der Waals surface area (Å²) in [4.78, 5) is 24.9. The van der Waals surface area contributed by atoms with Gasteiger partial charge in [0.1, 0.15) is 0 Å². The Morgan fingerprint density at radius 3 is 2.17 bits per heavy atom. The Labute approximate surface area is 71.5 Å². The highest BCUT2D eigenvalue weighted by atomic mass is 31.3. The average molecular weight is 236 g/mol. The van der Waals surface area contributed by atoms with Gasteiger partial charge in [0.15, 0.2) is 9.76 Å². The molecule has 3 N–H and O–H groups in total. The lowest BCUT2D eigenvalue weighted by molar-refractivity contribution is 0.231. The molecule has 0 aliphatic carbocycles. The molecule has 0 amide bonds. The van der Waals surface area contributed by atoms with Crippen molar-refractivity contribution in [1.29, 1.82) is 0 Å². The predicted molar refractivity (Wildman–Crippen MR) is 43.1 cm³/mol. The van der Waals surface area contributed by atoms with Gasteiger partial charge in [-0.3, -0.25) is 0 Å². The van der Waals surface area contributed by atoms with Gasteiger partial charge in [0, 0.05) is 0 Å². The summed E-state index contributed by atoms with van der Waals surface area (Å²) in [5.74, 6) is 0. The van der Waals surface area contributed by atoms with Crippen LogP contribution in [0.15, 0.2) is 0 Å². The Kier molecular flexibility index (Phi) is 4.82. The van der Waals surface area contributed by atoms with Gasteiger partial charge in [-0.2, -0.15) is 4.31 Å². The van der Waals surface area contributed by atoms with Crippen molar-refractivity contribution in [3.8, 4) is 0 Å². The summed E-state index contributed by atoms with van der Waals surface area (Å²) in [5.41, 5.74) is 0. The summed E-state index contributed by atoms with van der Waals surface area (Å²) in [6, 6.07) is 0.578. The lowest BCUT2D eigenvalue weighted by atomic mass is 11.0. The minimum atomic E-state index is -4.94. The van der Waals surface area contributed by atoms with Crippen LogP contribution >= 0.6 is 15.6 Å². The van der Waals surface area contributed by atoms with Crippen molar-refractivity contribution in [1.82, 2.24) is 0 Å². The van der Waals surface area contributed by atoms with Gasteiger partial charge in [-0.15, -0.1) is 0 Å². The molecule has 1 unspecified atom stereocenters. The van der Waals surface area contributed by atoms with Gasteiger partial charge in [0.25, 0.3) is 0 Å². The smallest absolute Gasteiger partial charge is 0.337 e. The highest BCUT2D eigenvalue weighted by molar-refractivity contribution is 7.61. The molecule has 0 saturated carbocycles. The van der Waals surface area contributed by atoms with E-state index >= 15 is 0 Å². The second-order valence-electron chi connectivity index (χ2n) is 1.87. The fraction of sp³-hybridized carbons (Fsp3) is 1.00. The highest BCUT2D eigenvalue weighted by Crippen LogP contribution is 2.57. The molecule has 74 valence electrons. The summed E-state index contributed by atoms with van der Waals surface area (Å²) in [6.45, 7) is 1.73. The van der Waals surface area contributed by atoms with Gasteiger partial charge in [0.2, 0.25) is 0 Å². The van der Waals surface area contributed by atoms with Crippen LogP contribution in [0.5, 0.6) is 0 Å². The molecule has 0 heterocycles. The molecule has 12 heavy (non-hydrogen) atoms. The van der Waals surface area contributed by atoms with Gasteiger partial charge in [-0.1, -0.05) is 6.92 Å². The molecular weight excluding hydrogens is 226 g/mol. The van der Waals surface area contributed by atoms with E-state index in [4.69, 9.17) is 14.7 Å². The Hall–Kier alpha value is 0.477. The summed E-state index contributed by atoms with van der Waals surface area (Å²) in [6.07, 6.45) is 0. The monoisotopic (exact) mass is 236 g/mol. The minimum absolute atomic E-state index is 0.578. The summed E-state index contributed by atoms with van der Waals surface area (Å²) in [5, 5.41) is 0. The van der Waals surface area contributed by atoms with E-state index in [9.17, 15) is 9.13 Å². The second kappa shape index (κ2) is 4.64. The Morgan fingerprint density at radius 2 is 1.83 bits per heavy atom. The standard InChI is InChI=1S/C2H10O7P2Si/c1-2-12-9-11(6,7)8-10(3,4)5/h2,12H2,1H3,(H,6,7)(H2,3,4,5). The van der Waals surface area contributed by atoms with Crippen molar-refractivity contribution in [2.75, 3.05) is 0 Å². The number of phosphoric acid groups is 2. The zero-order valence-electron chi connectivity index (χ0n) is 6.28. The minimum Gasteiger partial charge on any atom is -0.337 e. The lowest BCUT2D eigenvalue weighted by Gasteiger charge is -2.11. The van der Waals surface area contributed by atoms with E-state index in [0.29, 0.717) is 6.04 Å². The van der Waals surface area contributed by atoms with Crippen LogP contribution in [0.2, 0.25) is 6.04 Å². The van der Waals surface area contributed by atoms with E-state index in [0.717, 1.165) is 0 Å². The van der Waals surface area contributed by atoms with Crippen molar-refractivity contribution in [2.45, 2.75) is 13.0 Å². The van der Waals surface area contributed by atoms with Crippen LogP contribution < -0.4 is 0 Å². The molecule has 10 heteroatoms. The van der Waals surface area contributed by atoms with Gasteiger partial charge < -0.3 is 18.9 Å². The molecule has 0 aliphatic rings. The van der Waals surface area contributed by atoms with Crippen LogP contribution in [0.25, 0.3) is 0 Å². The summed E-state index contributed by atoms with van der Waals surface area (Å²) in [7, 11) is -10.7. The van der Waals surface area contributed by atoms with E-state index in [1.807, 2.05) is 0 Å². The van der Waals surface area contributed by atoms with E-state index < -0.39 is 25.4 Å². The Morgan fingerprint density at radius 1 is 1.33 bits per heavy atom. The van der Waals surface area contributed by atoms with Crippen LogP contribution in [0, 0.1) is 0 Å². The maximum absolute atomic E-state index is 10.6. The first-order valence-electron chi connectivity index (χ1n) is 3.01. The SMILES string of the molecule is CC[SiH2]OP(=O)(O)OP(=O)(O)O. The van der Waals surface area contributed by atoms with Gasteiger partial charge in [0.05, 0.1) is 0 Å². The highest BCUT2D eigenvalue weighted by Gasteiger charge is 2.31. The molecule has 7 nitrogen and oxygen atoms in total. The zero-order chi connectivity index (χ0) is 9.83. The number of hydrogen-bond acceptors (Lipinski definition) is 4. The number of hydrogen-bond donors (Lipinski definition) is 3. The Balaban J connectivity index is 4.05.